The van der Waals surface area contributed by atoms with Crippen molar-refractivity contribution in [1.29, 1.82) is 0 Å². The summed E-state index contributed by atoms with van der Waals surface area (Å²) in [6.07, 6.45) is 0.368. The SMILES string of the molecule is COC(CC(=O)N[C@H](CO)CC(C)C)OC. The van der Waals surface area contributed by atoms with E-state index in [4.69, 9.17) is 14.6 Å². The summed E-state index contributed by atoms with van der Waals surface area (Å²) in [5, 5.41) is 11.8. The van der Waals surface area contributed by atoms with E-state index in [9.17, 15) is 4.79 Å². The topological polar surface area (TPSA) is 67.8 Å². The summed E-state index contributed by atoms with van der Waals surface area (Å²) < 4.78 is 9.84. The van der Waals surface area contributed by atoms with E-state index in [2.05, 4.69) is 5.32 Å². The van der Waals surface area contributed by atoms with Crippen LogP contribution >= 0.6 is 0 Å². The summed E-state index contributed by atoms with van der Waals surface area (Å²) in [6.45, 7) is 4.04. The van der Waals surface area contributed by atoms with Gasteiger partial charge in [-0.05, 0) is 12.3 Å². The van der Waals surface area contributed by atoms with Gasteiger partial charge in [-0.1, -0.05) is 13.8 Å². The molecule has 0 unspecified atom stereocenters. The van der Waals surface area contributed by atoms with Gasteiger partial charge in [0.2, 0.25) is 5.91 Å². The second-order valence-corrected chi connectivity index (χ2v) is 4.18. The molecule has 0 heterocycles. The molecule has 1 atom stereocenters. The van der Waals surface area contributed by atoms with Crippen LogP contribution in [0.25, 0.3) is 0 Å². The highest BCUT2D eigenvalue weighted by molar-refractivity contribution is 5.76. The molecule has 0 spiro atoms. The van der Waals surface area contributed by atoms with E-state index in [0.717, 1.165) is 6.42 Å². The van der Waals surface area contributed by atoms with Crippen molar-refractivity contribution in [3.8, 4) is 0 Å². The van der Waals surface area contributed by atoms with Crippen LogP contribution in [0.15, 0.2) is 0 Å². The first-order valence-corrected chi connectivity index (χ1v) is 5.49. The summed E-state index contributed by atoms with van der Waals surface area (Å²) in [7, 11) is 2.97. The highest BCUT2D eigenvalue weighted by atomic mass is 16.7. The lowest BCUT2D eigenvalue weighted by Crippen LogP contribution is -2.40. The maximum Gasteiger partial charge on any atom is 0.225 e. The predicted octanol–water partition coefficient (Wildman–Crippen LogP) is 0.519. The molecule has 2 N–H and O–H groups in total. The zero-order valence-electron chi connectivity index (χ0n) is 10.5. The molecule has 0 aromatic heterocycles. The molecule has 0 aliphatic carbocycles. The average Bonchev–Trinajstić information content (AvgIpc) is 2.24. The highest BCUT2D eigenvalue weighted by Crippen LogP contribution is 2.05. The van der Waals surface area contributed by atoms with Gasteiger partial charge in [0.15, 0.2) is 6.29 Å². The second-order valence-electron chi connectivity index (χ2n) is 4.18. The summed E-state index contributed by atoms with van der Waals surface area (Å²) in [6, 6.07) is -0.193. The molecular weight excluding hydrogens is 210 g/mol. The molecule has 0 bridgehead atoms. The molecule has 0 aliphatic rings. The Morgan fingerprint density at radius 2 is 1.88 bits per heavy atom. The predicted molar refractivity (Wildman–Crippen MR) is 60.9 cm³/mol. The van der Waals surface area contributed by atoms with Crippen molar-refractivity contribution in [2.45, 2.75) is 39.0 Å². The van der Waals surface area contributed by atoms with Gasteiger partial charge in [-0.2, -0.15) is 0 Å². The number of aliphatic hydroxyl groups is 1. The van der Waals surface area contributed by atoms with Crippen LogP contribution in [0.4, 0.5) is 0 Å². The Kier molecular flexibility index (Phi) is 8.15. The third-order valence-corrected chi connectivity index (χ3v) is 2.22. The third-order valence-electron chi connectivity index (χ3n) is 2.22. The fraction of sp³-hybridized carbons (Fsp3) is 0.909. The molecule has 0 saturated heterocycles. The van der Waals surface area contributed by atoms with Crippen LogP contribution < -0.4 is 5.32 Å². The largest absolute Gasteiger partial charge is 0.394 e. The van der Waals surface area contributed by atoms with Crippen molar-refractivity contribution >= 4 is 5.91 Å². The molecule has 0 saturated carbocycles. The van der Waals surface area contributed by atoms with Crippen LogP contribution in [0, 0.1) is 5.92 Å². The lowest BCUT2D eigenvalue weighted by atomic mass is 10.0. The molecular formula is C11H23NO4. The average molecular weight is 233 g/mol. The van der Waals surface area contributed by atoms with E-state index in [1.165, 1.54) is 14.2 Å². The molecule has 16 heavy (non-hydrogen) atoms. The molecule has 5 nitrogen and oxygen atoms in total. The summed E-state index contributed by atoms with van der Waals surface area (Å²) in [5.74, 6) is 0.256. The molecule has 0 aromatic carbocycles. The van der Waals surface area contributed by atoms with Gasteiger partial charge in [-0.15, -0.1) is 0 Å². The Bertz CT molecular complexity index is 192. The van der Waals surface area contributed by atoms with Gasteiger partial charge in [-0.25, -0.2) is 0 Å². The third kappa shape index (κ3) is 6.76. The summed E-state index contributed by atoms with van der Waals surface area (Å²) >= 11 is 0. The molecule has 96 valence electrons. The van der Waals surface area contributed by atoms with E-state index in [1.54, 1.807) is 0 Å². The first-order valence-electron chi connectivity index (χ1n) is 5.49. The Hall–Kier alpha value is -0.650. The van der Waals surface area contributed by atoms with Gasteiger partial charge in [0.1, 0.15) is 0 Å². The Morgan fingerprint density at radius 3 is 2.25 bits per heavy atom. The minimum atomic E-state index is -0.529. The van der Waals surface area contributed by atoms with Gasteiger partial charge in [0, 0.05) is 14.2 Å². The lowest BCUT2D eigenvalue weighted by Gasteiger charge is -2.19. The van der Waals surface area contributed by atoms with Gasteiger partial charge in [0.05, 0.1) is 19.1 Å². The Balaban J connectivity index is 3.99. The number of amides is 1. The Morgan fingerprint density at radius 1 is 1.31 bits per heavy atom. The van der Waals surface area contributed by atoms with Crippen molar-refractivity contribution in [3.63, 3.8) is 0 Å². The quantitative estimate of drug-likeness (QED) is 0.600. The molecule has 0 radical (unpaired) electrons. The standard InChI is InChI=1S/C11H23NO4/c1-8(2)5-9(7-13)12-10(14)6-11(15-3)16-4/h8-9,11,13H,5-7H2,1-4H3,(H,12,14)/t9-/m0/s1. The van der Waals surface area contributed by atoms with Crippen LogP contribution in [-0.4, -0.2) is 44.2 Å². The fourth-order valence-electron chi connectivity index (χ4n) is 1.45. The van der Waals surface area contributed by atoms with Gasteiger partial charge in [0.25, 0.3) is 0 Å². The molecule has 1 amide bonds. The maximum atomic E-state index is 11.5. The molecule has 0 rings (SSSR count). The van der Waals surface area contributed by atoms with Crippen molar-refractivity contribution in [1.82, 2.24) is 5.32 Å². The van der Waals surface area contributed by atoms with E-state index >= 15 is 0 Å². The normalized spacial score (nSPS) is 13.2. The van der Waals surface area contributed by atoms with Crippen LogP contribution in [0.1, 0.15) is 26.7 Å². The van der Waals surface area contributed by atoms with Gasteiger partial charge < -0.3 is 19.9 Å². The minimum Gasteiger partial charge on any atom is -0.394 e. The highest BCUT2D eigenvalue weighted by Gasteiger charge is 2.16. The number of hydrogen-bond acceptors (Lipinski definition) is 4. The van der Waals surface area contributed by atoms with Crippen LogP contribution in [0.5, 0.6) is 0 Å². The maximum absolute atomic E-state index is 11.5. The number of carbonyl (C=O) groups excluding carboxylic acids is 1. The monoisotopic (exact) mass is 233 g/mol. The fourth-order valence-corrected chi connectivity index (χ4v) is 1.45. The first-order chi connectivity index (χ1) is 7.53. The van der Waals surface area contributed by atoms with Crippen molar-refractivity contribution < 1.29 is 19.4 Å². The Labute approximate surface area is 97.1 Å². The number of ether oxygens (including phenoxy) is 2. The first kappa shape index (κ1) is 15.3. The van der Waals surface area contributed by atoms with E-state index in [1.807, 2.05) is 13.8 Å². The number of aliphatic hydroxyl groups excluding tert-OH is 1. The lowest BCUT2D eigenvalue weighted by molar-refractivity contribution is -0.140. The van der Waals surface area contributed by atoms with Gasteiger partial charge in [-0.3, -0.25) is 4.79 Å². The number of carbonyl (C=O) groups is 1. The van der Waals surface area contributed by atoms with E-state index in [-0.39, 0.29) is 25.0 Å². The number of rotatable bonds is 8. The second kappa shape index (κ2) is 8.50. The molecule has 0 fully saturated rings. The number of methoxy groups -OCH3 is 2. The van der Waals surface area contributed by atoms with Crippen molar-refractivity contribution in [3.05, 3.63) is 0 Å². The van der Waals surface area contributed by atoms with Crippen LogP contribution in [-0.2, 0) is 14.3 Å². The summed E-state index contributed by atoms with van der Waals surface area (Å²) in [4.78, 5) is 11.5. The number of hydrogen-bond donors (Lipinski definition) is 2. The molecule has 0 aromatic rings. The number of nitrogens with one attached hydrogen (secondary N) is 1. The van der Waals surface area contributed by atoms with Crippen molar-refractivity contribution in [2.75, 3.05) is 20.8 Å². The van der Waals surface area contributed by atoms with Gasteiger partial charge >= 0.3 is 0 Å². The van der Waals surface area contributed by atoms with Crippen LogP contribution in [0.2, 0.25) is 0 Å². The van der Waals surface area contributed by atoms with E-state index in [0.29, 0.717) is 5.92 Å². The smallest absolute Gasteiger partial charge is 0.225 e. The molecule has 0 aliphatic heterocycles. The van der Waals surface area contributed by atoms with Crippen molar-refractivity contribution in [2.24, 2.45) is 5.92 Å². The zero-order valence-corrected chi connectivity index (χ0v) is 10.5. The zero-order chi connectivity index (χ0) is 12.6. The van der Waals surface area contributed by atoms with E-state index < -0.39 is 6.29 Å². The minimum absolute atomic E-state index is 0.0471. The summed E-state index contributed by atoms with van der Waals surface area (Å²) in [5.41, 5.74) is 0. The molecule has 5 heteroatoms. The van der Waals surface area contributed by atoms with Crippen LogP contribution in [0.3, 0.4) is 0 Å².